The molecule has 1 N–H and O–H groups in total. The summed E-state index contributed by atoms with van der Waals surface area (Å²) in [6.45, 7) is 9.11. The minimum atomic E-state index is -0.226. The number of ether oxygens (including phenoxy) is 1. The molecule has 4 saturated carbocycles. The van der Waals surface area contributed by atoms with Gasteiger partial charge >= 0.3 is 5.97 Å². The minimum absolute atomic E-state index is 0.0320. The molecule has 3 nitrogen and oxygen atoms in total. The van der Waals surface area contributed by atoms with Gasteiger partial charge in [-0.3, -0.25) is 4.79 Å². The maximum Gasteiger partial charge on any atom is 0.302 e. The Bertz CT molecular complexity index is 1200. The topological polar surface area (TPSA) is 46.5 Å². The molecule has 0 aromatic heterocycles. The first-order chi connectivity index (χ1) is 19.7. The van der Waals surface area contributed by atoms with Crippen LogP contribution in [0.1, 0.15) is 96.6 Å². The van der Waals surface area contributed by atoms with E-state index in [9.17, 15) is 9.90 Å². The smallest absolute Gasteiger partial charge is 0.302 e. The SMILES string of the molecule is CC(=O)OC1CCC2(C)C(C1)CC(O)C1C2CCC2(C)C(C(C)CC=C(c3ccccc3)c3ccccc3)CCC12. The van der Waals surface area contributed by atoms with Crippen molar-refractivity contribution in [2.75, 3.05) is 0 Å². The molecule has 2 aromatic carbocycles. The number of esters is 1. The van der Waals surface area contributed by atoms with Gasteiger partial charge in [0.2, 0.25) is 0 Å². The molecule has 0 bridgehead atoms. The second-order valence-corrected chi connectivity index (χ2v) is 14.6. The number of benzene rings is 2. The number of aliphatic hydroxyl groups is 1. The quantitative estimate of drug-likeness (QED) is 0.363. The van der Waals surface area contributed by atoms with Gasteiger partial charge in [0.25, 0.3) is 0 Å². The van der Waals surface area contributed by atoms with Crippen LogP contribution in [-0.4, -0.2) is 23.3 Å². The van der Waals surface area contributed by atoms with Gasteiger partial charge in [-0.1, -0.05) is 87.5 Å². The van der Waals surface area contributed by atoms with E-state index in [1.54, 1.807) is 0 Å². The summed E-state index contributed by atoms with van der Waals surface area (Å²) in [5.74, 6) is 3.20. The molecule has 220 valence electrons. The number of carbonyl (C=O) groups is 1. The molecule has 10 unspecified atom stereocenters. The number of hydrogen-bond acceptors (Lipinski definition) is 3. The molecule has 6 rings (SSSR count). The van der Waals surface area contributed by atoms with Gasteiger partial charge in [0.05, 0.1) is 6.10 Å². The largest absolute Gasteiger partial charge is 0.463 e. The summed E-state index contributed by atoms with van der Waals surface area (Å²) >= 11 is 0. The maximum atomic E-state index is 11.7. The standard InChI is InChI=1S/C38H50O3/c1-25(15-16-31(27-11-7-5-8-12-27)28-13-9-6-10-14-28)32-17-18-33-36-34(20-22-38(32,33)4)37(3)21-19-30(41-26(2)39)23-29(37)24-35(36)40/h5-14,16,25,29-30,32-36,40H,15,17-24H2,1-4H3. The zero-order valence-corrected chi connectivity index (χ0v) is 25.6. The van der Waals surface area contributed by atoms with Crippen molar-refractivity contribution in [1.29, 1.82) is 0 Å². The fourth-order valence-corrected chi connectivity index (χ4v) is 10.6. The number of fused-ring (bicyclic) bond motifs is 5. The Morgan fingerprint density at radius 1 is 0.902 bits per heavy atom. The summed E-state index contributed by atoms with van der Waals surface area (Å²) in [5.41, 5.74) is 4.48. The zero-order valence-electron chi connectivity index (χ0n) is 25.6. The van der Waals surface area contributed by atoms with Gasteiger partial charge in [-0.15, -0.1) is 0 Å². The van der Waals surface area contributed by atoms with Crippen LogP contribution in [-0.2, 0) is 9.53 Å². The predicted molar refractivity (Wildman–Crippen MR) is 166 cm³/mol. The number of rotatable bonds is 6. The highest BCUT2D eigenvalue weighted by molar-refractivity contribution is 5.79. The second kappa shape index (κ2) is 11.4. The van der Waals surface area contributed by atoms with E-state index in [0.717, 1.165) is 32.1 Å². The Morgan fingerprint density at radius 2 is 1.51 bits per heavy atom. The number of aliphatic hydroxyl groups excluding tert-OH is 1. The molecular formula is C38H50O3. The van der Waals surface area contributed by atoms with E-state index < -0.39 is 0 Å². The van der Waals surface area contributed by atoms with E-state index in [2.05, 4.69) is 87.5 Å². The van der Waals surface area contributed by atoms with E-state index in [-0.39, 0.29) is 23.6 Å². The van der Waals surface area contributed by atoms with Crippen LogP contribution >= 0.6 is 0 Å². The molecule has 4 aliphatic carbocycles. The minimum Gasteiger partial charge on any atom is -0.463 e. The van der Waals surface area contributed by atoms with Gasteiger partial charge < -0.3 is 9.84 Å². The van der Waals surface area contributed by atoms with Crippen LogP contribution in [0, 0.1) is 46.3 Å². The lowest BCUT2D eigenvalue weighted by atomic mass is 9.43. The third-order valence-electron chi connectivity index (χ3n) is 12.6. The third-order valence-corrected chi connectivity index (χ3v) is 12.6. The molecule has 3 heteroatoms. The molecular weight excluding hydrogens is 504 g/mol. The Morgan fingerprint density at radius 3 is 2.15 bits per heavy atom. The molecule has 10 atom stereocenters. The van der Waals surface area contributed by atoms with Crippen molar-refractivity contribution in [3.63, 3.8) is 0 Å². The first kappa shape index (κ1) is 28.7. The van der Waals surface area contributed by atoms with Crippen molar-refractivity contribution in [3.8, 4) is 0 Å². The summed E-state index contributed by atoms with van der Waals surface area (Å²) in [4.78, 5) is 11.6. The monoisotopic (exact) mass is 554 g/mol. The van der Waals surface area contributed by atoms with Crippen LogP contribution < -0.4 is 0 Å². The molecule has 0 amide bonds. The molecule has 0 radical (unpaired) electrons. The van der Waals surface area contributed by atoms with Crippen molar-refractivity contribution in [2.45, 2.75) is 97.7 Å². The first-order valence-corrected chi connectivity index (χ1v) is 16.4. The average Bonchev–Trinajstić information content (AvgIpc) is 3.32. The molecule has 2 aromatic rings. The second-order valence-electron chi connectivity index (χ2n) is 14.6. The molecule has 4 aliphatic rings. The number of allylic oxidation sites excluding steroid dienone is 1. The average molecular weight is 555 g/mol. The van der Waals surface area contributed by atoms with E-state index in [1.165, 1.54) is 49.3 Å². The molecule has 41 heavy (non-hydrogen) atoms. The fraction of sp³-hybridized carbons (Fsp3) is 0.605. The zero-order chi connectivity index (χ0) is 28.8. The van der Waals surface area contributed by atoms with E-state index in [1.807, 2.05) is 0 Å². The van der Waals surface area contributed by atoms with E-state index in [0.29, 0.717) is 40.9 Å². The molecule has 0 aliphatic heterocycles. The Labute approximate surface area is 247 Å². The van der Waals surface area contributed by atoms with Crippen molar-refractivity contribution in [3.05, 3.63) is 77.9 Å². The Balaban J connectivity index is 1.20. The third kappa shape index (κ3) is 5.22. The summed E-state index contributed by atoms with van der Waals surface area (Å²) in [6.07, 6.45) is 12.4. The van der Waals surface area contributed by atoms with Gasteiger partial charge in [-0.25, -0.2) is 0 Å². The van der Waals surface area contributed by atoms with Crippen LogP contribution in [0.5, 0.6) is 0 Å². The highest BCUT2D eigenvalue weighted by Gasteiger charge is 2.63. The Kier molecular flexibility index (Phi) is 7.96. The van der Waals surface area contributed by atoms with Crippen molar-refractivity contribution in [2.24, 2.45) is 46.3 Å². The van der Waals surface area contributed by atoms with Crippen LogP contribution in [0.3, 0.4) is 0 Å². The van der Waals surface area contributed by atoms with Gasteiger partial charge in [0, 0.05) is 6.92 Å². The van der Waals surface area contributed by atoms with Gasteiger partial charge in [-0.2, -0.15) is 0 Å². The van der Waals surface area contributed by atoms with Gasteiger partial charge in [-0.05, 0) is 121 Å². The highest BCUT2D eigenvalue weighted by Crippen LogP contribution is 2.68. The number of carbonyl (C=O) groups excluding carboxylic acids is 1. The highest BCUT2D eigenvalue weighted by atomic mass is 16.5. The van der Waals surface area contributed by atoms with Crippen molar-refractivity contribution >= 4 is 11.5 Å². The van der Waals surface area contributed by atoms with Crippen LogP contribution in [0.15, 0.2) is 66.7 Å². The summed E-state index contributed by atoms with van der Waals surface area (Å²) < 4.78 is 5.65. The summed E-state index contributed by atoms with van der Waals surface area (Å²) in [6, 6.07) is 21.7. The van der Waals surface area contributed by atoms with Crippen LogP contribution in [0.4, 0.5) is 0 Å². The van der Waals surface area contributed by atoms with Gasteiger partial charge in [0.1, 0.15) is 6.10 Å². The Hall–Kier alpha value is -2.39. The molecule has 0 saturated heterocycles. The van der Waals surface area contributed by atoms with Crippen molar-refractivity contribution < 1.29 is 14.6 Å². The van der Waals surface area contributed by atoms with Crippen LogP contribution in [0.25, 0.3) is 5.57 Å². The lowest BCUT2D eigenvalue weighted by molar-refractivity contribution is -0.182. The van der Waals surface area contributed by atoms with E-state index >= 15 is 0 Å². The van der Waals surface area contributed by atoms with Crippen molar-refractivity contribution in [1.82, 2.24) is 0 Å². The maximum absolute atomic E-state index is 11.7. The summed E-state index contributed by atoms with van der Waals surface area (Å²) in [5, 5.41) is 11.7. The predicted octanol–water partition coefficient (Wildman–Crippen LogP) is 8.71. The normalized spacial score (nSPS) is 38.6. The molecule has 0 heterocycles. The van der Waals surface area contributed by atoms with Gasteiger partial charge in [0.15, 0.2) is 0 Å². The molecule has 0 spiro atoms. The summed E-state index contributed by atoms with van der Waals surface area (Å²) in [7, 11) is 0. The fourth-order valence-electron chi connectivity index (χ4n) is 10.6. The number of hydrogen-bond donors (Lipinski definition) is 1. The van der Waals surface area contributed by atoms with Crippen LogP contribution in [0.2, 0.25) is 0 Å². The lowest BCUT2D eigenvalue weighted by Gasteiger charge is -2.62. The van der Waals surface area contributed by atoms with E-state index in [4.69, 9.17) is 4.74 Å². The molecule has 4 fully saturated rings. The lowest BCUT2D eigenvalue weighted by Crippen LogP contribution is -2.58. The first-order valence-electron chi connectivity index (χ1n) is 16.4.